The molecule has 0 bridgehead atoms. The fourth-order valence-corrected chi connectivity index (χ4v) is 3.83. The van der Waals surface area contributed by atoms with E-state index in [0.717, 1.165) is 47.5 Å². The van der Waals surface area contributed by atoms with Crippen LogP contribution in [0.1, 0.15) is 22.0 Å². The van der Waals surface area contributed by atoms with Crippen LogP contribution in [0.5, 0.6) is 5.75 Å². The standard InChI is InChI=1S/C19H21N5OS/c1-14-21-22-19(26-14)13-23-9-7-15(8-10-23)16-11-20-24(12-16)17-3-5-18(25-2)6-4-17/h3-7,11-12H,8-10,13H2,1-2H3. The van der Waals surface area contributed by atoms with Gasteiger partial charge in [-0.1, -0.05) is 6.08 Å². The van der Waals surface area contributed by atoms with Crippen molar-refractivity contribution in [1.82, 2.24) is 24.9 Å². The van der Waals surface area contributed by atoms with Crippen LogP contribution in [0.4, 0.5) is 0 Å². The third kappa shape index (κ3) is 3.68. The minimum Gasteiger partial charge on any atom is -0.497 e. The third-order valence-electron chi connectivity index (χ3n) is 4.51. The third-order valence-corrected chi connectivity index (χ3v) is 5.33. The highest BCUT2D eigenvalue weighted by Crippen LogP contribution is 2.24. The normalized spacial score (nSPS) is 15.1. The zero-order chi connectivity index (χ0) is 17.9. The molecule has 0 saturated carbocycles. The lowest BCUT2D eigenvalue weighted by atomic mass is 10.0. The molecule has 6 nitrogen and oxygen atoms in total. The van der Waals surface area contributed by atoms with Crippen LogP contribution in [-0.4, -0.2) is 45.1 Å². The van der Waals surface area contributed by atoms with Crippen molar-refractivity contribution in [2.45, 2.75) is 19.9 Å². The van der Waals surface area contributed by atoms with Crippen LogP contribution in [-0.2, 0) is 6.54 Å². The summed E-state index contributed by atoms with van der Waals surface area (Å²) in [4.78, 5) is 2.40. The smallest absolute Gasteiger partial charge is 0.131 e. The van der Waals surface area contributed by atoms with Crippen molar-refractivity contribution in [3.63, 3.8) is 0 Å². The molecule has 134 valence electrons. The molecular weight excluding hydrogens is 346 g/mol. The Balaban J connectivity index is 1.43. The molecule has 0 spiro atoms. The molecule has 0 radical (unpaired) electrons. The Hall–Kier alpha value is -2.51. The highest BCUT2D eigenvalue weighted by atomic mass is 32.1. The summed E-state index contributed by atoms with van der Waals surface area (Å²) in [6.45, 7) is 4.83. The lowest BCUT2D eigenvalue weighted by Crippen LogP contribution is -2.27. The summed E-state index contributed by atoms with van der Waals surface area (Å²) in [6, 6.07) is 7.92. The first-order valence-electron chi connectivity index (χ1n) is 8.61. The van der Waals surface area contributed by atoms with Crippen molar-refractivity contribution in [2.75, 3.05) is 20.2 Å². The maximum absolute atomic E-state index is 5.21. The maximum Gasteiger partial charge on any atom is 0.131 e. The van der Waals surface area contributed by atoms with Crippen LogP contribution >= 0.6 is 11.3 Å². The van der Waals surface area contributed by atoms with Crippen LogP contribution in [0.2, 0.25) is 0 Å². The number of methoxy groups -OCH3 is 1. The highest BCUT2D eigenvalue weighted by molar-refractivity contribution is 7.11. The number of aryl methyl sites for hydroxylation is 1. The predicted molar refractivity (Wildman–Crippen MR) is 103 cm³/mol. The van der Waals surface area contributed by atoms with E-state index in [0.29, 0.717) is 0 Å². The second-order valence-corrected chi connectivity index (χ2v) is 7.57. The Morgan fingerprint density at radius 2 is 2.04 bits per heavy atom. The SMILES string of the molecule is COc1ccc(-n2cc(C3=CCN(Cc4nnc(C)s4)CC3)cn2)cc1. The molecule has 1 aromatic carbocycles. The van der Waals surface area contributed by atoms with Gasteiger partial charge in [-0.05, 0) is 43.2 Å². The number of aromatic nitrogens is 4. The molecule has 0 fully saturated rings. The van der Waals surface area contributed by atoms with Gasteiger partial charge in [-0.25, -0.2) is 4.68 Å². The maximum atomic E-state index is 5.21. The number of hydrogen-bond acceptors (Lipinski definition) is 6. The molecule has 3 heterocycles. The first-order chi connectivity index (χ1) is 12.7. The zero-order valence-electron chi connectivity index (χ0n) is 14.9. The minimum atomic E-state index is 0.849. The number of ether oxygens (including phenoxy) is 1. The monoisotopic (exact) mass is 367 g/mol. The van der Waals surface area contributed by atoms with Gasteiger partial charge >= 0.3 is 0 Å². The number of benzene rings is 1. The van der Waals surface area contributed by atoms with E-state index >= 15 is 0 Å². The van der Waals surface area contributed by atoms with Gasteiger partial charge in [0.15, 0.2) is 0 Å². The van der Waals surface area contributed by atoms with Gasteiger partial charge in [-0.3, -0.25) is 4.90 Å². The quantitative estimate of drug-likeness (QED) is 0.692. The van der Waals surface area contributed by atoms with E-state index in [9.17, 15) is 0 Å². The molecule has 1 aliphatic rings. The molecule has 2 aromatic heterocycles. The fourth-order valence-electron chi connectivity index (χ4n) is 3.07. The number of nitrogens with zero attached hydrogens (tertiary/aromatic N) is 5. The lowest BCUT2D eigenvalue weighted by molar-refractivity contribution is 0.292. The van der Waals surface area contributed by atoms with E-state index in [2.05, 4.69) is 32.5 Å². The van der Waals surface area contributed by atoms with E-state index in [1.165, 1.54) is 11.1 Å². The molecule has 0 saturated heterocycles. The topological polar surface area (TPSA) is 56.1 Å². The van der Waals surface area contributed by atoms with Crippen LogP contribution < -0.4 is 4.74 Å². The Labute approximate surface area is 156 Å². The summed E-state index contributed by atoms with van der Waals surface area (Å²) >= 11 is 1.68. The first-order valence-corrected chi connectivity index (χ1v) is 9.43. The molecule has 0 N–H and O–H groups in total. The van der Waals surface area contributed by atoms with Crippen LogP contribution in [0.25, 0.3) is 11.3 Å². The first kappa shape index (κ1) is 16.9. The Kier molecular flexibility index (Phi) is 4.81. The van der Waals surface area contributed by atoms with Gasteiger partial charge in [-0.2, -0.15) is 5.10 Å². The molecule has 4 rings (SSSR count). The summed E-state index contributed by atoms with van der Waals surface area (Å²) in [5.74, 6) is 0.849. The van der Waals surface area contributed by atoms with E-state index < -0.39 is 0 Å². The van der Waals surface area contributed by atoms with Gasteiger partial charge in [0.2, 0.25) is 0 Å². The molecular formula is C19H21N5OS. The average Bonchev–Trinajstić information content (AvgIpc) is 3.32. The van der Waals surface area contributed by atoms with Crippen molar-refractivity contribution >= 4 is 16.9 Å². The molecule has 0 aliphatic carbocycles. The average molecular weight is 367 g/mol. The summed E-state index contributed by atoms with van der Waals surface area (Å²) in [5, 5.41) is 14.9. The molecule has 3 aromatic rings. The van der Waals surface area contributed by atoms with Gasteiger partial charge in [-0.15, -0.1) is 21.5 Å². The van der Waals surface area contributed by atoms with Crippen molar-refractivity contribution in [2.24, 2.45) is 0 Å². The molecule has 0 amide bonds. The second-order valence-electron chi connectivity index (χ2n) is 6.30. The van der Waals surface area contributed by atoms with Crippen molar-refractivity contribution in [3.8, 4) is 11.4 Å². The summed E-state index contributed by atoms with van der Waals surface area (Å²) in [5.41, 5.74) is 3.57. The van der Waals surface area contributed by atoms with E-state index in [1.54, 1.807) is 18.4 Å². The molecule has 1 aliphatic heterocycles. The zero-order valence-corrected chi connectivity index (χ0v) is 15.7. The number of hydrogen-bond donors (Lipinski definition) is 0. The number of rotatable bonds is 5. The largest absolute Gasteiger partial charge is 0.497 e. The van der Waals surface area contributed by atoms with Crippen LogP contribution in [0.3, 0.4) is 0 Å². The van der Waals surface area contributed by atoms with E-state index in [-0.39, 0.29) is 0 Å². The van der Waals surface area contributed by atoms with Crippen molar-refractivity contribution in [1.29, 1.82) is 0 Å². The summed E-state index contributed by atoms with van der Waals surface area (Å²) in [6.07, 6.45) is 7.36. The van der Waals surface area contributed by atoms with Gasteiger partial charge in [0.05, 0.1) is 25.5 Å². The molecule has 7 heteroatoms. The van der Waals surface area contributed by atoms with Crippen LogP contribution in [0, 0.1) is 6.92 Å². The molecule has 0 atom stereocenters. The van der Waals surface area contributed by atoms with Crippen molar-refractivity contribution in [3.05, 3.63) is 58.3 Å². The van der Waals surface area contributed by atoms with Gasteiger partial charge in [0, 0.05) is 24.8 Å². The van der Waals surface area contributed by atoms with Gasteiger partial charge < -0.3 is 4.74 Å². The van der Waals surface area contributed by atoms with Gasteiger partial charge in [0.1, 0.15) is 15.8 Å². The second kappa shape index (κ2) is 7.39. The van der Waals surface area contributed by atoms with Gasteiger partial charge in [0.25, 0.3) is 0 Å². The van der Waals surface area contributed by atoms with E-state index in [1.807, 2.05) is 42.1 Å². The fraction of sp³-hybridized carbons (Fsp3) is 0.316. The Morgan fingerprint density at radius 3 is 2.69 bits per heavy atom. The molecule has 0 unspecified atom stereocenters. The summed E-state index contributed by atoms with van der Waals surface area (Å²) in [7, 11) is 1.67. The van der Waals surface area contributed by atoms with Crippen molar-refractivity contribution < 1.29 is 4.74 Å². The van der Waals surface area contributed by atoms with Crippen LogP contribution in [0.15, 0.2) is 42.7 Å². The van der Waals surface area contributed by atoms with E-state index in [4.69, 9.17) is 4.74 Å². The molecule has 26 heavy (non-hydrogen) atoms. The Bertz CT molecular complexity index is 912. The minimum absolute atomic E-state index is 0.849. The lowest BCUT2D eigenvalue weighted by Gasteiger charge is -2.24. The Morgan fingerprint density at radius 1 is 1.19 bits per heavy atom. The summed E-state index contributed by atoms with van der Waals surface area (Å²) < 4.78 is 7.12. The highest BCUT2D eigenvalue weighted by Gasteiger charge is 2.16. The predicted octanol–water partition coefficient (Wildman–Crippen LogP) is 3.33.